The topological polar surface area (TPSA) is 69.2 Å². The summed E-state index contributed by atoms with van der Waals surface area (Å²) >= 11 is 4.03. The van der Waals surface area contributed by atoms with Gasteiger partial charge >= 0.3 is 0 Å². The van der Waals surface area contributed by atoms with Gasteiger partial charge in [0.25, 0.3) is 5.69 Å². The first-order valence-electron chi connectivity index (χ1n) is 4.38. The van der Waals surface area contributed by atoms with Gasteiger partial charge in [0.2, 0.25) is 0 Å². The van der Waals surface area contributed by atoms with Crippen molar-refractivity contribution in [3.8, 4) is 0 Å². The lowest BCUT2D eigenvalue weighted by atomic mass is 10.1. The minimum absolute atomic E-state index is 0.0514. The van der Waals surface area contributed by atoms with Crippen LogP contribution in [0.25, 0.3) is 6.08 Å². The van der Waals surface area contributed by atoms with E-state index in [0.717, 1.165) is 5.56 Å². The predicted molar refractivity (Wildman–Crippen MR) is 65.1 cm³/mol. The Morgan fingerprint density at radius 1 is 1.60 bits per heavy atom. The van der Waals surface area contributed by atoms with E-state index in [1.165, 1.54) is 6.07 Å². The number of hydrogen-bond donors (Lipinski definition) is 2. The highest BCUT2D eigenvalue weighted by atomic mass is 32.1. The first kappa shape index (κ1) is 11.6. The maximum absolute atomic E-state index is 10.6. The lowest BCUT2D eigenvalue weighted by molar-refractivity contribution is -0.385. The molecular formula is C10H12N2O2S. The summed E-state index contributed by atoms with van der Waals surface area (Å²) in [6, 6.07) is 3.08. The highest BCUT2D eigenvalue weighted by Crippen LogP contribution is 2.25. The molecule has 0 spiro atoms. The average Bonchev–Trinajstić information content (AvgIpc) is 2.18. The van der Waals surface area contributed by atoms with E-state index in [9.17, 15) is 10.1 Å². The Morgan fingerprint density at radius 3 is 2.80 bits per heavy atom. The average molecular weight is 224 g/mol. The van der Waals surface area contributed by atoms with Crippen LogP contribution in [0.1, 0.15) is 11.1 Å². The Kier molecular flexibility index (Phi) is 3.74. The Bertz CT molecular complexity index is 416. The molecule has 0 saturated carbocycles. The zero-order chi connectivity index (χ0) is 11.4. The van der Waals surface area contributed by atoms with Crippen molar-refractivity contribution in [3.05, 3.63) is 39.4 Å². The van der Waals surface area contributed by atoms with Crippen molar-refractivity contribution >= 4 is 30.1 Å². The summed E-state index contributed by atoms with van der Waals surface area (Å²) in [5.41, 5.74) is 7.54. The van der Waals surface area contributed by atoms with Crippen LogP contribution in [0.15, 0.2) is 18.2 Å². The number of hydrogen-bond acceptors (Lipinski definition) is 4. The molecule has 2 N–H and O–H groups in total. The largest absolute Gasteiger partial charge is 0.398 e. The second-order valence-corrected chi connectivity index (χ2v) is 3.47. The first-order chi connectivity index (χ1) is 7.06. The molecule has 0 heterocycles. The van der Waals surface area contributed by atoms with Crippen molar-refractivity contribution in [2.24, 2.45) is 0 Å². The van der Waals surface area contributed by atoms with E-state index in [0.29, 0.717) is 17.0 Å². The van der Waals surface area contributed by atoms with Crippen LogP contribution >= 0.6 is 12.6 Å². The number of nitro benzene ring substituents is 1. The molecule has 1 aromatic carbocycles. The maximum Gasteiger partial charge on any atom is 0.274 e. The van der Waals surface area contributed by atoms with E-state index in [1.54, 1.807) is 19.1 Å². The fourth-order valence-corrected chi connectivity index (χ4v) is 1.36. The summed E-state index contributed by atoms with van der Waals surface area (Å²) in [5.74, 6) is 0.607. The fourth-order valence-electron chi connectivity index (χ4n) is 1.26. The molecule has 0 atom stereocenters. The normalized spacial score (nSPS) is 10.8. The molecule has 1 rings (SSSR count). The standard InChI is InChI=1S/C10H12N2O2S/c1-7-5-8(3-2-4-15)9(11)6-10(7)12(13)14/h2-3,5-6,15H,4,11H2,1H3. The smallest absolute Gasteiger partial charge is 0.274 e. The summed E-state index contributed by atoms with van der Waals surface area (Å²) in [5, 5.41) is 10.6. The molecule has 4 nitrogen and oxygen atoms in total. The highest BCUT2D eigenvalue weighted by Gasteiger charge is 2.12. The SMILES string of the molecule is Cc1cc(C=CCS)c(N)cc1[N+](=O)[O-]. The third kappa shape index (κ3) is 2.73. The number of rotatable bonds is 3. The molecule has 80 valence electrons. The summed E-state index contributed by atoms with van der Waals surface area (Å²) in [4.78, 5) is 10.2. The van der Waals surface area contributed by atoms with E-state index in [4.69, 9.17) is 5.73 Å². The van der Waals surface area contributed by atoms with E-state index < -0.39 is 4.92 Å². The second-order valence-electron chi connectivity index (χ2n) is 3.11. The number of nitrogen functional groups attached to an aromatic ring is 1. The van der Waals surface area contributed by atoms with Gasteiger partial charge in [-0.05, 0) is 18.6 Å². The molecule has 0 radical (unpaired) electrons. The van der Waals surface area contributed by atoms with Crippen molar-refractivity contribution in [3.63, 3.8) is 0 Å². The Labute approximate surface area is 93.3 Å². The summed E-state index contributed by atoms with van der Waals surface area (Å²) in [6.45, 7) is 1.69. The minimum atomic E-state index is -0.433. The number of nitrogens with two attached hydrogens (primary N) is 1. The number of anilines is 1. The molecule has 0 aliphatic rings. The van der Waals surface area contributed by atoms with Crippen molar-refractivity contribution in [2.45, 2.75) is 6.92 Å². The maximum atomic E-state index is 10.6. The summed E-state index contributed by atoms with van der Waals surface area (Å²) < 4.78 is 0. The number of aryl methyl sites for hydroxylation is 1. The number of benzene rings is 1. The molecule has 0 aliphatic carbocycles. The molecule has 0 unspecified atom stereocenters. The minimum Gasteiger partial charge on any atom is -0.398 e. The number of nitro groups is 1. The van der Waals surface area contributed by atoms with Gasteiger partial charge in [-0.25, -0.2) is 0 Å². The van der Waals surface area contributed by atoms with Crippen molar-refractivity contribution < 1.29 is 4.92 Å². The van der Waals surface area contributed by atoms with Crippen molar-refractivity contribution in [2.75, 3.05) is 11.5 Å². The highest BCUT2D eigenvalue weighted by molar-refractivity contribution is 7.80. The van der Waals surface area contributed by atoms with Gasteiger partial charge in [0, 0.05) is 23.1 Å². The summed E-state index contributed by atoms with van der Waals surface area (Å²) in [6.07, 6.45) is 3.64. The lowest BCUT2D eigenvalue weighted by Crippen LogP contribution is -1.96. The van der Waals surface area contributed by atoms with Gasteiger partial charge in [0.1, 0.15) is 0 Å². The van der Waals surface area contributed by atoms with Gasteiger partial charge in [0.15, 0.2) is 0 Å². The van der Waals surface area contributed by atoms with Crippen LogP contribution in [0.3, 0.4) is 0 Å². The molecule has 0 bridgehead atoms. The van der Waals surface area contributed by atoms with Gasteiger partial charge in [0.05, 0.1) is 4.92 Å². The molecule has 0 amide bonds. The van der Waals surface area contributed by atoms with Gasteiger partial charge in [-0.2, -0.15) is 12.6 Å². The van der Waals surface area contributed by atoms with Crippen LogP contribution in [0.2, 0.25) is 0 Å². The molecule has 5 heteroatoms. The van der Waals surface area contributed by atoms with Gasteiger partial charge in [-0.3, -0.25) is 10.1 Å². The van der Waals surface area contributed by atoms with Gasteiger partial charge in [-0.15, -0.1) is 0 Å². The Morgan fingerprint density at radius 2 is 2.27 bits per heavy atom. The van der Waals surface area contributed by atoms with E-state index in [2.05, 4.69) is 12.6 Å². The van der Waals surface area contributed by atoms with Crippen LogP contribution in [0.5, 0.6) is 0 Å². The van der Waals surface area contributed by atoms with Gasteiger partial charge in [-0.1, -0.05) is 12.2 Å². The van der Waals surface area contributed by atoms with Crippen LogP contribution in [0, 0.1) is 17.0 Å². The molecule has 15 heavy (non-hydrogen) atoms. The van der Waals surface area contributed by atoms with Crippen molar-refractivity contribution in [1.29, 1.82) is 0 Å². The van der Waals surface area contributed by atoms with Crippen LogP contribution < -0.4 is 5.73 Å². The van der Waals surface area contributed by atoms with Gasteiger partial charge < -0.3 is 5.73 Å². The zero-order valence-corrected chi connectivity index (χ0v) is 9.20. The molecule has 1 aromatic rings. The quantitative estimate of drug-likeness (QED) is 0.358. The van der Waals surface area contributed by atoms with Crippen LogP contribution in [-0.2, 0) is 0 Å². The van der Waals surface area contributed by atoms with Crippen molar-refractivity contribution in [1.82, 2.24) is 0 Å². The van der Waals surface area contributed by atoms with E-state index >= 15 is 0 Å². The lowest BCUT2D eigenvalue weighted by Gasteiger charge is -2.03. The first-order valence-corrected chi connectivity index (χ1v) is 5.01. The molecule has 0 aliphatic heterocycles. The zero-order valence-electron chi connectivity index (χ0n) is 8.30. The number of nitrogens with zero attached hydrogens (tertiary/aromatic N) is 1. The molecule has 0 fully saturated rings. The van der Waals surface area contributed by atoms with E-state index in [1.807, 2.05) is 6.08 Å². The van der Waals surface area contributed by atoms with Crippen LogP contribution in [0.4, 0.5) is 11.4 Å². The number of thiol groups is 1. The molecule has 0 aromatic heterocycles. The fraction of sp³-hybridized carbons (Fsp3) is 0.200. The molecule has 0 saturated heterocycles. The molecular weight excluding hydrogens is 212 g/mol. The Balaban J connectivity index is 3.19. The summed E-state index contributed by atoms with van der Waals surface area (Å²) in [7, 11) is 0. The Hall–Kier alpha value is -1.49. The second kappa shape index (κ2) is 4.84. The predicted octanol–water partition coefficient (Wildman–Crippen LogP) is 2.43. The van der Waals surface area contributed by atoms with E-state index in [-0.39, 0.29) is 5.69 Å². The monoisotopic (exact) mass is 224 g/mol. The van der Waals surface area contributed by atoms with Crippen LogP contribution in [-0.4, -0.2) is 10.7 Å². The third-order valence-electron chi connectivity index (χ3n) is 2.00. The third-order valence-corrected chi connectivity index (χ3v) is 2.21.